The predicted molar refractivity (Wildman–Crippen MR) is 80.1 cm³/mol. The van der Waals surface area contributed by atoms with E-state index in [9.17, 15) is 9.18 Å². The average molecular weight is 287 g/mol. The molecule has 0 aliphatic heterocycles. The minimum atomic E-state index is -0.540. The molecular weight excluding hydrogens is 273 g/mol. The fraction of sp³-hybridized carbons (Fsp3) is 0.188. The van der Waals surface area contributed by atoms with Crippen molar-refractivity contribution < 1.29 is 9.18 Å². The molecule has 1 aliphatic rings. The van der Waals surface area contributed by atoms with Gasteiger partial charge in [-0.3, -0.25) is 4.79 Å². The standard InChI is InChI=1S/C16H14FNOS/c17-15-7-6-13(20)9-14(15)16(19)18-12-5-4-10-2-1-3-11(10)8-12/h4-9,20H,1-3H2,(H,18,19). The Morgan fingerprint density at radius 1 is 1.10 bits per heavy atom. The molecule has 3 rings (SSSR count). The van der Waals surface area contributed by atoms with Crippen molar-refractivity contribution in [2.45, 2.75) is 24.2 Å². The summed E-state index contributed by atoms with van der Waals surface area (Å²) in [5.41, 5.74) is 3.33. The van der Waals surface area contributed by atoms with E-state index in [2.05, 4.69) is 17.9 Å². The zero-order chi connectivity index (χ0) is 14.1. The Bertz CT molecular complexity index is 684. The van der Waals surface area contributed by atoms with Crippen molar-refractivity contribution in [3.05, 3.63) is 58.9 Å². The quantitative estimate of drug-likeness (QED) is 0.807. The van der Waals surface area contributed by atoms with Gasteiger partial charge < -0.3 is 5.32 Å². The van der Waals surface area contributed by atoms with Gasteiger partial charge in [0.25, 0.3) is 5.91 Å². The van der Waals surface area contributed by atoms with Crippen molar-refractivity contribution in [2.75, 3.05) is 5.32 Å². The van der Waals surface area contributed by atoms with Gasteiger partial charge in [0.05, 0.1) is 5.56 Å². The number of anilines is 1. The van der Waals surface area contributed by atoms with E-state index < -0.39 is 11.7 Å². The summed E-state index contributed by atoms with van der Waals surface area (Å²) in [4.78, 5) is 12.7. The van der Waals surface area contributed by atoms with E-state index in [1.807, 2.05) is 18.2 Å². The van der Waals surface area contributed by atoms with Crippen LogP contribution in [0.4, 0.5) is 10.1 Å². The van der Waals surface area contributed by atoms with Crippen LogP contribution in [0.2, 0.25) is 0 Å². The number of amides is 1. The number of halogens is 1. The SMILES string of the molecule is O=C(Nc1ccc2c(c1)CCC2)c1cc(S)ccc1F. The molecule has 2 aromatic rings. The maximum Gasteiger partial charge on any atom is 0.258 e. The van der Waals surface area contributed by atoms with Gasteiger partial charge in [0, 0.05) is 10.6 Å². The highest BCUT2D eigenvalue weighted by Crippen LogP contribution is 2.25. The molecule has 20 heavy (non-hydrogen) atoms. The Morgan fingerprint density at radius 3 is 2.75 bits per heavy atom. The van der Waals surface area contributed by atoms with Crippen molar-refractivity contribution in [1.82, 2.24) is 0 Å². The van der Waals surface area contributed by atoms with Gasteiger partial charge in [-0.25, -0.2) is 4.39 Å². The molecule has 0 radical (unpaired) electrons. The molecule has 0 fully saturated rings. The monoisotopic (exact) mass is 287 g/mol. The Hall–Kier alpha value is -1.81. The second-order valence-corrected chi connectivity index (χ2v) is 5.47. The second-order valence-electron chi connectivity index (χ2n) is 4.96. The number of carbonyl (C=O) groups is 1. The maximum absolute atomic E-state index is 13.6. The Labute approximate surface area is 122 Å². The molecule has 2 aromatic carbocycles. The number of fused-ring (bicyclic) bond motifs is 1. The summed E-state index contributed by atoms with van der Waals surface area (Å²) < 4.78 is 13.6. The first-order chi connectivity index (χ1) is 9.63. The summed E-state index contributed by atoms with van der Waals surface area (Å²) in [6.07, 6.45) is 3.29. The highest BCUT2D eigenvalue weighted by molar-refractivity contribution is 7.80. The van der Waals surface area contributed by atoms with E-state index in [0.717, 1.165) is 19.3 Å². The van der Waals surface area contributed by atoms with Crippen LogP contribution in [-0.2, 0) is 12.8 Å². The summed E-state index contributed by atoms with van der Waals surface area (Å²) in [5.74, 6) is -0.988. The normalized spacial score (nSPS) is 13.1. The van der Waals surface area contributed by atoms with Crippen LogP contribution in [-0.4, -0.2) is 5.91 Å². The lowest BCUT2D eigenvalue weighted by molar-refractivity contribution is 0.102. The van der Waals surface area contributed by atoms with Crippen LogP contribution < -0.4 is 5.32 Å². The van der Waals surface area contributed by atoms with Gasteiger partial charge in [0.1, 0.15) is 5.82 Å². The van der Waals surface area contributed by atoms with Gasteiger partial charge in [-0.05, 0) is 60.7 Å². The topological polar surface area (TPSA) is 29.1 Å². The molecule has 2 nitrogen and oxygen atoms in total. The first-order valence-corrected chi connectivity index (χ1v) is 7.00. The maximum atomic E-state index is 13.6. The third kappa shape index (κ3) is 2.56. The van der Waals surface area contributed by atoms with Crippen LogP contribution >= 0.6 is 12.6 Å². The van der Waals surface area contributed by atoms with E-state index >= 15 is 0 Å². The molecule has 4 heteroatoms. The van der Waals surface area contributed by atoms with Crippen molar-refractivity contribution in [3.8, 4) is 0 Å². The number of hydrogen-bond donors (Lipinski definition) is 2. The number of hydrogen-bond acceptors (Lipinski definition) is 2. The molecule has 102 valence electrons. The lowest BCUT2D eigenvalue weighted by Gasteiger charge is -2.08. The summed E-state index contributed by atoms with van der Waals surface area (Å²) in [6, 6.07) is 10.1. The van der Waals surface area contributed by atoms with Gasteiger partial charge in [0.2, 0.25) is 0 Å². The van der Waals surface area contributed by atoms with Crippen molar-refractivity contribution in [1.29, 1.82) is 0 Å². The molecule has 0 saturated carbocycles. The molecular formula is C16H14FNOS. The van der Waals surface area contributed by atoms with E-state index in [0.29, 0.717) is 10.6 Å². The zero-order valence-electron chi connectivity index (χ0n) is 10.8. The number of aryl methyl sites for hydroxylation is 2. The molecule has 0 aromatic heterocycles. The highest BCUT2D eigenvalue weighted by Gasteiger charge is 2.14. The summed E-state index contributed by atoms with van der Waals surface area (Å²) in [6.45, 7) is 0. The molecule has 0 heterocycles. The van der Waals surface area contributed by atoms with Crippen LogP contribution in [0.25, 0.3) is 0 Å². The summed E-state index contributed by atoms with van der Waals surface area (Å²) in [7, 11) is 0. The molecule has 0 saturated heterocycles. The molecule has 0 atom stereocenters. The van der Waals surface area contributed by atoms with Crippen LogP contribution in [0.5, 0.6) is 0 Å². The smallest absolute Gasteiger partial charge is 0.258 e. The van der Waals surface area contributed by atoms with Crippen molar-refractivity contribution in [2.24, 2.45) is 0 Å². The van der Waals surface area contributed by atoms with Gasteiger partial charge in [-0.2, -0.15) is 0 Å². The Kier molecular flexibility index (Phi) is 3.49. The molecule has 1 aliphatic carbocycles. The lowest BCUT2D eigenvalue weighted by atomic mass is 10.1. The lowest BCUT2D eigenvalue weighted by Crippen LogP contribution is -2.14. The fourth-order valence-electron chi connectivity index (χ4n) is 2.54. The Balaban J connectivity index is 1.84. The van der Waals surface area contributed by atoms with Gasteiger partial charge >= 0.3 is 0 Å². The minimum Gasteiger partial charge on any atom is -0.322 e. The molecule has 0 spiro atoms. The summed E-state index contributed by atoms with van der Waals surface area (Å²) >= 11 is 4.13. The first-order valence-electron chi connectivity index (χ1n) is 6.55. The number of rotatable bonds is 2. The molecule has 1 amide bonds. The zero-order valence-corrected chi connectivity index (χ0v) is 11.7. The van der Waals surface area contributed by atoms with E-state index in [1.54, 1.807) is 0 Å². The van der Waals surface area contributed by atoms with E-state index in [-0.39, 0.29) is 5.56 Å². The third-order valence-corrected chi connectivity index (χ3v) is 3.83. The van der Waals surface area contributed by atoms with E-state index in [4.69, 9.17) is 0 Å². The number of benzene rings is 2. The van der Waals surface area contributed by atoms with Gasteiger partial charge in [-0.15, -0.1) is 12.6 Å². The number of nitrogens with one attached hydrogen (secondary N) is 1. The summed E-state index contributed by atoms with van der Waals surface area (Å²) in [5, 5.41) is 2.74. The predicted octanol–water partition coefficient (Wildman–Crippen LogP) is 3.86. The third-order valence-electron chi connectivity index (χ3n) is 3.55. The molecule has 1 N–H and O–H groups in total. The van der Waals surface area contributed by atoms with Crippen LogP contribution in [0.1, 0.15) is 27.9 Å². The molecule has 0 unspecified atom stereocenters. The number of thiol groups is 1. The van der Waals surface area contributed by atoms with E-state index in [1.165, 1.54) is 29.3 Å². The van der Waals surface area contributed by atoms with Crippen molar-refractivity contribution >= 4 is 24.2 Å². The van der Waals surface area contributed by atoms with Crippen LogP contribution in [0.15, 0.2) is 41.3 Å². The van der Waals surface area contributed by atoms with Gasteiger partial charge in [0.15, 0.2) is 0 Å². The largest absolute Gasteiger partial charge is 0.322 e. The Morgan fingerprint density at radius 2 is 1.90 bits per heavy atom. The fourth-order valence-corrected chi connectivity index (χ4v) is 2.74. The van der Waals surface area contributed by atoms with Crippen LogP contribution in [0, 0.1) is 5.82 Å². The second kappa shape index (κ2) is 5.29. The number of carbonyl (C=O) groups excluding carboxylic acids is 1. The van der Waals surface area contributed by atoms with Crippen molar-refractivity contribution in [3.63, 3.8) is 0 Å². The first kappa shape index (κ1) is 13.2. The minimum absolute atomic E-state index is 0.0120. The highest BCUT2D eigenvalue weighted by atomic mass is 32.1. The van der Waals surface area contributed by atoms with Crippen LogP contribution in [0.3, 0.4) is 0 Å². The molecule has 0 bridgehead atoms. The van der Waals surface area contributed by atoms with Gasteiger partial charge in [-0.1, -0.05) is 6.07 Å². The average Bonchev–Trinajstić information content (AvgIpc) is 2.89.